The van der Waals surface area contributed by atoms with Crippen molar-refractivity contribution in [3.63, 3.8) is 0 Å². The molecule has 1 heterocycles. The minimum Gasteiger partial charge on any atom is -0.457 e. The number of alkyl halides is 2. The van der Waals surface area contributed by atoms with Crippen molar-refractivity contribution < 1.29 is 37.4 Å². The predicted molar refractivity (Wildman–Crippen MR) is 111 cm³/mol. The lowest BCUT2D eigenvalue weighted by molar-refractivity contribution is -0.149. The number of imide groups is 1. The van der Waals surface area contributed by atoms with Gasteiger partial charge in [-0.05, 0) is 36.4 Å². The van der Waals surface area contributed by atoms with E-state index in [1.54, 1.807) is 48.5 Å². The summed E-state index contributed by atoms with van der Waals surface area (Å²) in [5.74, 6) is -2.18. The third-order valence-corrected chi connectivity index (χ3v) is 4.86. The van der Waals surface area contributed by atoms with Crippen LogP contribution in [0.15, 0.2) is 72.8 Å². The topological polar surface area (TPSA) is 90.9 Å². The van der Waals surface area contributed by atoms with Gasteiger partial charge in [0.15, 0.2) is 6.61 Å². The number of benzene rings is 3. The number of carbonyl (C=O) groups is 3. The first-order valence-electron chi connectivity index (χ1n) is 9.84. The molecule has 1 aliphatic heterocycles. The maximum absolute atomic E-state index is 12.9. The summed E-state index contributed by atoms with van der Waals surface area (Å²) >= 11 is 0. The van der Waals surface area contributed by atoms with Gasteiger partial charge < -0.3 is 14.2 Å². The average Bonchev–Trinajstić information content (AvgIpc) is 2.81. The molecule has 0 fully saturated rings. The predicted octanol–water partition coefficient (Wildman–Crippen LogP) is 4.03. The van der Waals surface area contributed by atoms with Crippen LogP contribution in [0.1, 0.15) is 27.4 Å². The monoisotopic (exact) mass is 453 g/mol. The Labute approximate surface area is 186 Å². The lowest BCUT2D eigenvalue weighted by atomic mass is 9.88. The maximum atomic E-state index is 12.9. The Kier molecular flexibility index (Phi) is 6.30. The second kappa shape index (κ2) is 9.47. The lowest BCUT2D eigenvalue weighted by Gasteiger charge is -2.26. The smallest absolute Gasteiger partial charge is 0.387 e. The van der Waals surface area contributed by atoms with Gasteiger partial charge in [-0.3, -0.25) is 19.7 Å². The van der Waals surface area contributed by atoms with Crippen molar-refractivity contribution in [2.75, 3.05) is 6.61 Å². The minimum absolute atomic E-state index is 0.0450. The summed E-state index contributed by atoms with van der Waals surface area (Å²) in [6.07, 6.45) is 0. The van der Waals surface area contributed by atoms with Crippen molar-refractivity contribution >= 4 is 17.8 Å². The molecule has 2 amide bonds. The minimum atomic E-state index is -2.99. The molecule has 168 valence electrons. The highest BCUT2D eigenvalue weighted by atomic mass is 19.3. The highest BCUT2D eigenvalue weighted by Crippen LogP contribution is 2.44. The molecule has 0 aromatic heterocycles. The SMILES string of the molecule is O=C(COC(=O)C1c2ccccc2Oc2ccccc21)NC(=O)c1ccc(OC(F)F)cc1. The highest BCUT2D eigenvalue weighted by Gasteiger charge is 2.34. The zero-order valence-electron chi connectivity index (χ0n) is 17.0. The van der Waals surface area contributed by atoms with E-state index < -0.39 is 36.9 Å². The Hall–Kier alpha value is -4.27. The molecule has 0 saturated heterocycles. The van der Waals surface area contributed by atoms with Gasteiger partial charge in [-0.15, -0.1) is 0 Å². The van der Waals surface area contributed by atoms with Crippen molar-refractivity contribution in [1.29, 1.82) is 0 Å². The van der Waals surface area contributed by atoms with Crippen molar-refractivity contribution in [3.8, 4) is 17.2 Å². The summed E-state index contributed by atoms with van der Waals surface area (Å²) in [6.45, 7) is -3.67. The lowest BCUT2D eigenvalue weighted by Crippen LogP contribution is -2.35. The number of rotatable bonds is 6. The Morgan fingerprint density at radius 2 is 1.45 bits per heavy atom. The van der Waals surface area contributed by atoms with E-state index in [9.17, 15) is 23.2 Å². The third kappa shape index (κ3) is 4.98. The fourth-order valence-corrected chi connectivity index (χ4v) is 3.41. The molecule has 3 aromatic carbocycles. The molecule has 33 heavy (non-hydrogen) atoms. The molecular weight excluding hydrogens is 436 g/mol. The standard InChI is InChI=1S/C24H17F2NO6/c25-24(26)32-15-11-9-14(10-12-15)22(29)27-20(28)13-31-23(30)21-16-5-1-3-7-18(16)33-19-8-4-2-6-17(19)21/h1-12,21,24H,13H2,(H,27,28,29). The van der Waals surface area contributed by atoms with Gasteiger partial charge in [0.2, 0.25) is 0 Å². The van der Waals surface area contributed by atoms with Gasteiger partial charge in [-0.2, -0.15) is 8.78 Å². The van der Waals surface area contributed by atoms with E-state index in [-0.39, 0.29) is 11.3 Å². The van der Waals surface area contributed by atoms with Crippen molar-refractivity contribution in [1.82, 2.24) is 5.32 Å². The van der Waals surface area contributed by atoms with Crippen LogP contribution in [0.2, 0.25) is 0 Å². The van der Waals surface area contributed by atoms with E-state index in [1.807, 2.05) is 0 Å². The Morgan fingerprint density at radius 3 is 2.03 bits per heavy atom. The first-order chi connectivity index (χ1) is 15.9. The van der Waals surface area contributed by atoms with Crippen LogP contribution in [0.5, 0.6) is 17.2 Å². The number of ether oxygens (including phenoxy) is 3. The van der Waals surface area contributed by atoms with Crippen LogP contribution in [0.3, 0.4) is 0 Å². The zero-order valence-corrected chi connectivity index (χ0v) is 17.0. The summed E-state index contributed by atoms with van der Waals surface area (Å²) in [6, 6.07) is 18.8. The van der Waals surface area contributed by atoms with Crippen molar-refractivity contribution in [2.24, 2.45) is 0 Å². The van der Waals surface area contributed by atoms with Crippen molar-refractivity contribution in [3.05, 3.63) is 89.5 Å². The Balaban J connectivity index is 1.39. The molecule has 4 rings (SSSR count). The number of nitrogens with one attached hydrogen (secondary N) is 1. The Morgan fingerprint density at radius 1 is 0.879 bits per heavy atom. The molecular formula is C24H17F2NO6. The number of hydrogen-bond acceptors (Lipinski definition) is 6. The Bertz CT molecular complexity index is 1150. The maximum Gasteiger partial charge on any atom is 0.387 e. The van der Waals surface area contributed by atoms with Gasteiger partial charge in [0.25, 0.3) is 11.8 Å². The molecule has 0 saturated carbocycles. The molecule has 9 heteroatoms. The molecule has 1 aliphatic rings. The number of fused-ring (bicyclic) bond motifs is 2. The largest absolute Gasteiger partial charge is 0.457 e. The van der Waals surface area contributed by atoms with E-state index in [1.165, 1.54) is 24.3 Å². The van der Waals surface area contributed by atoms with E-state index in [0.717, 1.165) is 0 Å². The van der Waals surface area contributed by atoms with E-state index in [0.29, 0.717) is 22.6 Å². The molecule has 0 unspecified atom stereocenters. The zero-order chi connectivity index (χ0) is 23.4. The summed E-state index contributed by atoms with van der Waals surface area (Å²) in [7, 11) is 0. The molecule has 1 N–H and O–H groups in total. The molecule has 0 atom stereocenters. The summed E-state index contributed by atoms with van der Waals surface area (Å²) in [4.78, 5) is 37.2. The number of amides is 2. The molecule has 7 nitrogen and oxygen atoms in total. The number of esters is 1. The number of halogens is 2. The normalized spacial score (nSPS) is 12.2. The average molecular weight is 453 g/mol. The molecule has 0 aliphatic carbocycles. The van der Waals surface area contributed by atoms with Crippen LogP contribution in [0.4, 0.5) is 8.78 Å². The van der Waals surface area contributed by atoms with Crippen LogP contribution in [-0.2, 0) is 14.3 Å². The highest BCUT2D eigenvalue weighted by molar-refractivity contribution is 6.05. The first kappa shape index (κ1) is 21.9. The number of hydrogen-bond donors (Lipinski definition) is 1. The van der Waals surface area contributed by atoms with E-state index in [2.05, 4.69) is 10.1 Å². The first-order valence-corrected chi connectivity index (χ1v) is 9.84. The van der Waals surface area contributed by atoms with Crippen LogP contribution in [0.25, 0.3) is 0 Å². The summed E-state index contributed by atoms with van der Waals surface area (Å²) < 4.78 is 39.6. The van der Waals surface area contributed by atoms with Gasteiger partial charge in [-0.25, -0.2) is 0 Å². The fourth-order valence-electron chi connectivity index (χ4n) is 3.41. The van der Waals surface area contributed by atoms with Gasteiger partial charge in [0, 0.05) is 16.7 Å². The van der Waals surface area contributed by atoms with Gasteiger partial charge in [-0.1, -0.05) is 36.4 Å². The third-order valence-electron chi connectivity index (χ3n) is 4.86. The number of carbonyl (C=O) groups excluding carboxylic acids is 3. The molecule has 0 radical (unpaired) electrons. The molecule has 0 bridgehead atoms. The van der Waals surface area contributed by atoms with Crippen molar-refractivity contribution in [2.45, 2.75) is 12.5 Å². The van der Waals surface area contributed by atoms with Gasteiger partial charge in [0.1, 0.15) is 23.2 Å². The number of para-hydroxylation sites is 2. The summed E-state index contributed by atoms with van der Waals surface area (Å²) in [5.41, 5.74) is 1.25. The van der Waals surface area contributed by atoms with Gasteiger partial charge >= 0.3 is 12.6 Å². The van der Waals surface area contributed by atoms with Gasteiger partial charge in [0.05, 0.1) is 0 Å². The van der Waals surface area contributed by atoms with Crippen LogP contribution in [0, 0.1) is 0 Å². The molecule has 0 spiro atoms. The van der Waals surface area contributed by atoms with E-state index >= 15 is 0 Å². The van der Waals surface area contributed by atoms with Crippen LogP contribution in [-0.4, -0.2) is 31.0 Å². The quantitative estimate of drug-likeness (QED) is 0.567. The second-order valence-corrected chi connectivity index (χ2v) is 7.00. The second-order valence-electron chi connectivity index (χ2n) is 7.00. The molecule has 3 aromatic rings. The van der Waals surface area contributed by atoms with Crippen LogP contribution < -0.4 is 14.8 Å². The summed E-state index contributed by atoms with van der Waals surface area (Å²) in [5, 5.41) is 2.08. The van der Waals surface area contributed by atoms with E-state index in [4.69, 9.17) is 9.47 Å². The van der Waals surface area contributed by atoms with Crippen LogP contribution >= 0.6 is 0 Å². The fraction of sp³-hybridized carbons (Fsp3) is 0.125.